The molecular formula is C21H20N4O2S. The van der Waals surface area contributed by atoms with Crippen molar-refractivity contribution in [3.63, 3.8) is 0 Å². The minimum Gasteiger partial charge on any atom is -0.325 e. The van der Waals surface area contributed by atoms with Gasteiger partial charge in [-0.3, -0.25) is 14.6 Å². The number of anilines is 1. The van der Waals surface area contributed by atoms with E-state index in [4.69, 9.17) is 0 Å². The number of aryl methyl sites for hydroxylation is 1. The van der Waals surface area contributed by atoms with Gasteiger partial charge in [-0.15, -0.1) is 0 Å². The number of carbonyl (C=O) groups excluding carboxylic acids is 2. The van der Waals surface area contributed by atoms with Crippen LogP contribution >= 0.6 is 11.8 Å². The SMILES string of the molecule is CCc1ccc(NC(=O)CSC2=Nc3ccccc3C3=N[C@@H](C)C(=O)N23)cc1. The van der Waals surface area contributed by atoms with Crippen molar-refractivity contribution in [2.75, 3.05) is 11.1 Å². The van der Waals surface area contributed by atoms with Crippen LogP contribution in [0.5, 0.6) is 0 Å². The van der Waals surface area contributed by atoms with Crippen LogP contribution in [0.4, 0.5) is 11.4 Å². The van der Waals surface area contributed by atoms with E-state index in [0.717, 1.165) is 23.4 Å². The molecule has 2 aromatic carbocycles. The summed E-state index contributed by atoms with van der Waals surface area (Å²) in [7, 11) is 0. The molecule has 0 bridgehead atoms. The molecule has 7 heteroatoms. The lowest BCUT2D eigenvalue weighted by Crippen LogP contribution is -2.41. The van der Waals surface area contributed by atoms with Gasteiger partial charge in [0.2, 0.25) is 5.91 Å². The largest absolute Gasteiger partial charge is 0.325 e. The van der Waals surface area contributed by atoms with E-state index in [2.05, 4.69) is 22.2 Å². The number of thioether (sulfide) groups is 1. The van der Waals surface area contributed by atoms with Gasteiger partial charge in [-0.05, 0) is 43.2 Å². The highest BCUT2D eigenvalue weighted by atomic mass is 32.2. The molecule has 2 amide bonds. The van der Waals surface area contributed by atoms with E-state index in [1.807, 2.05) is 48.5 Å². The van der Waals surface area contributed by atoms with E-state index in [1.165, 1.54) is 22.2 Å². The molecule has 0 spiro atoms. The number of amides is 2. The molecule has 2 heterocycles. The van der Waals surface area contributed by atoms with E-state index in [1.54, 1.807) is 6.92 Å². The van der Waals surface area contributed by atoms with Crippen LogP contribution in [-0.2, 0) is 16.0 Å². The number of hydrogen-bond acceptors (Lipinski definition) is 5. The first-order valence-corrected chi connectivity index (χ1v) is 10.2. The molecule has 1 atom stereocenters. The van der Waals surface area contributed by atoms with Gasteiger partial charge < -0.3 is 5.32 Å². The molecule has 6 nitrogen and oxygen atoms in total. The Labute approximate surface area is 167 Å². The molecule has 0 saturated carbocycles. The molecule has 0 saturated heterocycles. The summed E-state index contributed by atoms with van der Waals surface area (Å²) in [4.78, 5) is 35.6. The predicted octanol–water partition coefficient (Wildman–Crippen LogP) is 3.60. The Kier molecular flexibility index (Phi) is 5.00. The minimum atomic E-state index is -0.446. The molecule has 0 aliphatic carbocycles. The highest BCUT2D eigenvalue weighted by Crippen LogP contribution is 2.33. The summed E-state index contributed by atoms with van der Waals surface area (Å²) in [6.07, 6.45) is 0.956. The second-order valence-corrected chi connectivity index (χ2v) is 7.54. The number of nitrogens with one attached hydrogen (secondary N) is 1. The quantitative estimate of drug-likeness (QED) is 0.864. The van der Waals surface area contributed by atoms with Crippen LogP contribution in [0.1, 0.15) is 25.0 Å². The number of amidine groups is 2. The normalized spacial score (nSPS) is 17.6. The molecule has 2 aromatic rings. The van der Waals surface area contributed by atoms with E-state index < -0.39 is 6.04 Å². The Morgan fingerprint density at radius 1 is 1.18 bits per heavy atom. The second kappa shape index (κ2) is 7.59. The van der Waals surface area contributed by atoms with Crippen molar-refractivity contribution in [1.82, 2.24) is 4.90 Å². The molecule has 0 aromatic heterocycles. The van der Waals surface area contributed by atoms with Crippen molar-refractivity contribution in [2.45, 2.75) is 26.3 Å². The number of rotatable bonds is 4. The summed E-state index contributed by atoms with van der Waals surface area (Å²) in [5, 5.41) is 3.37. The Bertz CT molecular complexity index is 998. The van der Waals surface area contributed by atoms with Crippen molar-refractivity contribution in [3.8, 4) is 0 Å². The molecule has 0 radical (unpaired) electrons. The number of nitrogens with zero attached hydrogens (tertiary/aromatic N) is 3. The van der Waals surface area contributed by atoms with Crippen LogP contribution in [0, 0.1) is 0 Å². The van der Waals surface area contributed by atoms with Gasteiger partial charge in [0.25, 0.3) is 5.91 Å². The van der Waals surface area contributed by atoms with Gasteiger partial charge in [0.05, 0.1) is 11.4 Å². The first kappa shape index (κ1) is 18.4. The molecule has 4 rings (SSSR count). The van der Waals surface area contributed by atoms with E-state index in [0.29, 0.717) is 11.0 Å². The standard InChI is InChI=1S/C21H20N4O2S/c1-3-14-8-10-15(11-9-14)23-18(26)12-28-21-24-17-7-5-4-6-16(17)19-22-13(2)20(27)25(19)21/h4-11,13H,3,12H2,1-2H3,(H,23,26)/t13-/m0/s1. The molecule has 0 fully saturated rings. The maximum atomic E-state index is 12.6. The lowest BCUT2D eigenvalue weighted by molar-refractivity contribution is -0.124. The van der Waals surface area contributed by atoms with Crippen LogP contribution in [0.25, 0.3) is 0 Å². The Hall–Kier alpha value is -2.93. The van der Waals surface area contributed by atoms with Gasteiger partial charge in [0.15, 0.2) is 5.17 Å². The van der Waals surface area contributed by atoms with Crippen molar-refractivity contribution < 1.29 is 9.59 Å². The highest BCUT2D eigenvalue weighted by molar-refractivity contribution is 8.14. The lowest BCUT2D eigenvalue weighted by Gasteiger charge is -2.25. The van der Waals surface area contributed by atoms with Crippen LogP contribution < -0.4 is 5.32 Å². The third-order valence-electron chi connectivity index (χ3n) is 4.64. The predicted molar refractivity (Wildman–Crippen MR) is 113 cm³/mol. The Morgan fingerprint density at radius 2 is 1.93 bits per heavy atom. The fourth-order valence-electron chi connectivity index (χ4n) is 3.12. The summed E-state index contributed by atoms with van der Waals surface area (Å²) < 4.78 is 0. The first-order chi connectivity index (χ1) is 13.6. The fourth-order valence-corrected chi connectivity index (χ4v) is 3.92. The molecule has 2 aliphatic rings. The number of benzene rings is 2. The van der Waals surface area contributed by atoms with Gasteiger partial charge in [-0.25, -0.2) is 9.89 Å². The van der Waals surface area contributed by atoms with Gasteiger partial charge in [0, 0.05) is 11.3 Å². The smallest absolute Gasteiger partial charge is 0.258 e. The van der Waals surface area contributed by atoms with E-state index >= 15 is 0 Å². The zero-order chi connectivity index (χ0) is 19.7. The maximum absolute atomic E-state index is 12.6. The summed E-state index contributed by atoms with van der Waals surface area (Å²) in [5.74, 6) is 0.503. The van der Waals surface area contributed by atoms with Gasteiger partial charge in [-0.1, -0.05) is 43.0 Å². The molecule has 1 N–H and O–H groups in total. The van der Waals surface area contributed by atoms with Crippen LogP contribution in [0.2, 0.25) is 0 Å². The zero-order valence-corrected chi connectivity index (χ0v) is 16.5. The number of hydrogen-bond donors (Lipinski definition) is 1. The molecular weight excluding hydrogens is 372 g/mol. The molecule has 2 aliphatic heterocycles. The Morgan fingerprint density at radius 3 is 2.68 bits per heavy atom. The third-order valence-corrected chi connectivity index (χ3v) is 5.57. The maximum Gasteiger partial charge on any atom is 0.258 e. The molecule has 142 valence electrons. The van der Waals surface area contributed by atoms with Crippen LogP contribution in [-0.4, -0.2) is 39.5 Å². The molecule has 0 unspecified atom stereocenters. The van der Waals surface area contributed by atoms with Gasteiger partial charge in [0.1, 0.15) is 11.9 Å². The van der Waals surface area contributed by atoms with Crippen molar-refractivity contribution in [1.29, 1.82) is 0 Å². The zero-order valence-electron chi connectivity index (χ0n) is 15.7. The van der Waals surface area contributed by atoms with E-state index in [-0.39, 0.29) is 17.6 Å². The van der Waals surface area contributed by atoms with Gasteiger partial charge in [-0.2, -0.15) is 0 Å². The Balaban J connectivity index is 1.49. The number of carbonyl (C=O) groups is 2. The topological polar surface area (TPSA) is 74.1 Å². The average molecular weight is 392 g/mol. The van der Waals surface area contributed by atoms with Crippen LogP contribution in [0.15, 0.2) is 58.5 Å². The first-order valence-electron chi connectivity index (χ1n) is 9.18. The average Bonchev–Trinajstić information content (AvgIpc) is 3.02. The van der Waals surface area contributed by atoms with Crippen molar-refractivity contribution in [3.05, 3.63) is 59.7 Å². The van der Waals surface area contributed by atoms with Crippen molar-refractivity contribution in [2.24, 2.45) is 9.98 Å². The highest BCUT2D eigenvalue weighted by Gasteiger charge is 2.39. The molecule has 28 heavy (non-hydrogen) atoms. The second-order valence-electron chi connectivity index (χ2n) is 6.60. The third kappa shape index (κ3) is 3.45. The van der Waals surface area contributed by atoms with Crippen LogP contribution in [0.3, 0.4) is 0 Å². The monoisotopic (exact) mass is 392 g/mol. The lowest BCUT2D eigenvalue weighted by atomic mass is 10.1. The number of aliphatic imine (C=N–C) groups is 2. The summed E-state index contributed by atoms with van der Waals surface area (Å²) in [5.41, 5.74) is 3.57. The van der Waals surface area contributed by atoms with Crippen molar-refractivity contribution >= 4 is 46.0 Å². The number of para-hydroxylation sites is 1. The van der Waals surface area contributed by atoms with Gasteiger partial charge >= 0.3 is 0 Å². The summed E-state index contributed by atoms with van der Waals surface area (Å²) in [6, 6.07) is 14.9. The van der Waals surface area contributed by atoms with E-state index in [9.17, 15) is 9.59 Å². The minimum absolute atomic E-state index is 0.119. The number of fused-ring (bicyclic) bond motifs is 3. The summed E-state index contributed by atoms with van der Waals surface area (Å²) in [6.45, 7) is 3.86. The fraction of sp³-hybridized carbons (Fsp3) is 0.238. The summed E-state index contributed by atoms with van der Waals surface area (Å²) >= 11 is 1.24.